The van der Waals surface area contributed by atoms with E-state index >= 15 is 0 Å². The molecule has 6 nitrogen and oxygen atoms in total. The van der Waals surface area contributed by atoms with Gasteiger partial charge in [-0.15, -0.1) is 11.3 Å². The molecular formula is C23H22N2O4S. The molecule has 0 amide bonds. The molecule has 0 atom stereocenters. The Morgan fingerprint density at radius 1 is 1.17 bits per heavy atom. The van der Waals surface area contributed by atoms with E-state index in [9.17, 15) is 9.59 Å². The number of hydrogen-bond acceptors (Lipinski definition) is 5. The molecule has 1 N–H and O–H groups in total. The SMILES string of the molecule is CCc1nc2sc(C)c(-c3ccc(C)c(C)c3)c2c(=O)n1Cc1ccc(C(=O)O)o1. The molecule has 0 spiro atoms. The van der Waals surface area contributed by atoms with Crippen molar-refractivity contribution in [3.8, 4) is 11.1 Å². The fraction of sp³-hybridized carbons (Fsp3) is 0.261. The summed E-state index contributed by atoms with van der Waals surface area (Å²) < 4.78 is 6.97. The first kappa shape index (κ1) is 20.1. The van der Waals surface area contributed by atoms with Crippen LogP contribution >= 0.6 is 11.3 Å². The number of aryl methyl sites for hydroxylation is 4. The van der Waals surface area contributed by atoms with E-state index in [1.165, 1.54) is 28.5 Å². The summed E-state index contributed by atoms with van der Waals surface area (Å²) in [5, 5.41) is 9.69. The van der Waals surface area contributed by atoms with Crippen molar-refractivity contribution in [1.29, 1.82) is 0 Å². The molecule has 0 saturated carbocycles. The summed E-state index contributed by atoms with van der Waals surface area (Å²) in [6, 6.07) is 9.20. The van der Waals surface area contributed by atoms with Gasteiger partial charge in [0, 0.05) is 16.9 Å². The molecular weight excluding hydrogens is 400 g/mol. The number of aromatic carboxylic acids is 1. The van der Waals surface area contributed by atoms with Gasteiger partial charge in [0.05, 0.1) is 11.9 Å². The van der Waals surface area contributed by atoms with Crippen LogP contribution in [0.25, 0.3) is 21.3 Å². The Bertz CT molecular complexity index is 1340. The smallest absolute Gasteiger partial charge is 0.371 e. The zero-order valence-electron chi connectivity index (χ0n) is 17.3. The van der Waals surface area contributed by atoms with E-state index in [2.05, 4.69) is 26.0 Å². The number of carboxylic acids is 1. The fourth-order valence-corrected chi connectivity index (χ4v) is 4.70. The average molecular weight is 423 g/mol. The third-order valence-corrected chi connectivity index (χ3v) is 6.36. The normalized spacial score (nSPS) is 11.3. The van der Waals surface area contributed by atoms with E-state index < -0.39 is 5.97 Å². The lowest BCUT2D eigenvalue weighted by Gasteiger charge is -2.11. The van der Waals surface area contributed by atoms with Gasteiger partial charge >= 0.3 is 5.97 Å². The zero-order chi connectivity index (χ0) is 21.6. The third-order valence-electron chi connectivity index (χ3n) is 5.37. The highest BCUT2D eigenvalue weighted by molar-refractivity contribution is 7.19. The Morgan fingerprint density at radius 3 is 2.57 bits per heavy atom. The van der Waals surface area contributed by atoms with Crippen molar-refractivity contribution in [2.75, 3.05) is 0 Å². The van der Waals surface area contributed by atoms with Gasteiger partial charge in [-0.25, -0.2) is 9.78 Å². The van der Waals surface area contributed by atoms with Gasteiger partial charge in [-0.2, -0.15) is 0 Å². The summed E-state index contributed by atoms with van der Waals surface area (Å²) in [4.78, 5) is 31.2. The Kier molecular flexibility index (Phi) is 5.07. The highest BCUT2D eigenvalue weighted by atomic mass is 32.1. The van der Waals surface area contributed by atoms with Crippen LogP contribution in [0.2, 0.25) is 0 Å². The predicted molar refractivity (Wildman–Crippen MR) is 118 cm³/mol. The Hall–Kier alpha value is -3.19. The molecule has 0 radical (unpaired) electrons. The van der Waals surface area contributed by atoms with Crippen molar-refractivity contribution >= 4 is 27.5 Å². The Labute approximate surface area is 177 Å². The number of thiophene rings is 1. The minimum Gasteiger partial charge on any atom is -0.475 e. The lowest BCUT2D eigenvalue weighted by molar-refractivity contribution is 0.0660. The van der Waals surface area contributed by atoms with Crippen LogP contribution in [0, 0.1) is 20.8 Å². The molecule has 1 aromatic carbocycles. The molecule has 7 heteroatoms. The quantitative estimate of drug-likeness (QED) is 0.492. The molecule has 0 aliphatic heterocycles. The summed E-state index contributed by atoms with van der Waals surface area (Å²) in [6.45, 7) is 8.22. The van der Waals surface area contributed by atoms with Crippen LogP contribution in [-0.2, 0) is 13.0 Å². The van der Waals surface area contributed by atoms with Crippen molar-refractivity contribution in [1.82, 2.24) is 9.55 Å². The van der Waals surface area contributed by atoms with Gasteiger partial charge in [0.1, 0.15) is 16.4 Å². The topological polar surface area (TPSA) is 85.3 Å². The monoisotopic (exact) mass is 422 g/mol. The number of nitrogens with zero attached hydrogens (tertiary/aromatic N) is 2. The van der Waals surface area contributed by atoms with Gasteiger partial charge in [-0.3, -0.25) is 9.36 Å². The fourth-order valence-electron chi connectivity index (χ4n) is 3.65. The van der Waals surface area contributed by atoms with Gasteiger partial charge in [-0.1, -0.05) is 25.1 Å². The van der Waals surface area contributed by atoms with Gasteiger partial charge < -0.3 is 9.52 Å². The molecule has 0 saturated heterocycles. The van der Waals surface area contributed by atoms with Gasteiger partial charge in [0.15, 0.2) is 0 Å². The van der Waals surface area contributed by atoms with E-state index in [1.54, 1.807) is 10.6 Å². The van der Waals surface area contributed by atoms with E-state index in [4.69, 9.17) is 14.5 Å². The highest BCUT2D eigenvalue weighted by Gasteiger charge is 2.20. The summed E-state index contributed by atoms with van der Waals surface area (Å²) in [6.07, 6.45) is 0.577. The van der Waals surface area contributed by atoms with Crippen LogP contribution in [0.5, 0.6) is 0 Å². The Morgan fingerprint density at radius 2 is 1.93 bits per heavy atom. The first-order valence-corrected chi connectivity index (χ1v) is 10.5. The standard InChI is InChI=1S/C23H22N2O4S/c1-5-18-24-21-20(19(14(4)30-21)15-7-6-12(2)13(3)10-15)22(26)25(18)11-16-8-9-17(29-16)23(27)28/h6-10H,5,11H2,1-4H3,(H,27,28). The number of aromatic nitrogens is 2. The van der Waals surface area contributed by atoms with Crippen LogP contribution in [0.15, 0.2) is 39.5 Å². The summed E-state index contributed by atoms with van der Waals surface area (Å²) >= 11 is 1.52. The zero-order valence-corrected chi connectivity index (χ0v) is 18.1. The lowest BCUT2D eigenvalue weighted by atomic mass is 9.99. The molecule has 0 aliphatic carbocycles. The van der Waals surface area contributed by atoms with E-state index in [0.29, 0.717) is 23.4 Å². The number of hydrogen-bond donors (Lipinski definition) is 1. The molecule has 0 unspecified atom stereocenters. The first-order chi connectivity index (χ1) is 14.3. The molecule has 3 aromatic heterocycles. The van der Waals surface area contributed by atoms with Gasteiger partial charge in [0.25, 0.3) is 5.56 Å². The molecule has 4 rings (SSSR count). The number of carbonyl (C=O) groups is 1. The highest BCUT2D eigenvalue weighted by Crippen LogP contribution is 2.36. The van der Waals surface area contributed by atoms with Crippen molar-refractivity contribution < 1.29 is 14.3 Å². The molecule has 0 fully saturated rings. The minimum absolute atomic E-state index is 0.136. The van der Waals surface area contributed by atoms with E-state index in [1.807, 2.05) is 19.9 Å². The van der Waals surface area contributed by atoms with Crippen molar-refractivity contribution in [2.45, 2.75) is 40.7 Å². The number of carboxylic acid groups (broad SMARTS) is 1. The minimum atomic E-state index is -1.14. The average Bonchev–Trinajstić information content (AvgIpc) is 3.30. The number of benzene rings is 1. The maximum atomic E-state index is 13.6. The molecule has 4 aromatic rings. The number of rotatable bonds is 5. The Balaban J connectivity index is 1.92. The number of furan rings is 1. The number of fused-ring (bicyclic) bond motifs is 1. The molecule has 3 heterocycles. The second kappa shape index (κ2) is 7.57. The second-order valence-corrected chi connectivity index (χ2v) is 8.56. The predicted octanol–water partition coefficient (Wildman–Crippen LogP) is 4.95. The first-order valence-electron chi connectivity index (χ1n) is 9.72. The van der Waals surface area contributed by atoms with Crippen LogP contribution in [0.3, 0.4) is 0 Å². The van der Waals surface area contributed by atoms with E-state index in [-0.39, 0.29) is 17.9 Å². The maximum Gasteiger partial charge on any atom is 0.371 e. The van der Waals surface area contributed by atoms with Crippen LogP contribution in [0.1, 0.15) is 45.1 Å². The van der Waals surface area contributed by atoms with Gasteiger partial charge in [0.2, 0.25) is 5.76 Å². The summed E-state index contributed by atoms with van der Waals surface area (Å²) in [5.74, 6) is -0.227. The third kappa shape index (κ3) is 3.35. The van der Waals surface area contributed by atoms with Crippen LogP contribution in [-0.4, -0.2) is 20.6 Å². The van der Waals surface area contributed by atoms with Crippen LogP contribution < -0.4 is 5.56 Å². The maximum absolute atomic E-state index is 13.6. The molecule has 154 valence electrons. The second-order valence-electron chi connectivity index (χ2n) is 7.36. The van der Waals surface area contributed by atoms with Crippen molar-refractivity contribution in [3.05, 3.63) is 74.0 Å². The van der Waals surface area contributed by atoms with Crippen molar-refractivity contribution in [3.63, 3.8) is 0 Å². The summed E-state index contributed by atoms with van der Waals surface area (Å²) in [5.41, 5.74) is 4.15. The molecule has 0 aliphatic rings. The molecule has 30 heavy (non-hydrogen) atoms. The van der Waals surface area contributed by atoms with E-state index in [0.717, 1.165) is 20.8 Å². The van der Waals surface area contributed by atoms with Gasteiger partial charge in [-0.05, 0) is 49.6 Å². The molecule has 0 bridgehead atoms. The lowest BCUT2D eigenvalue weighted by Crippen LogP contribution is -2.25. The summed E-state index contributed by atoms with van der Waals surface area (Å²) in [7, 11) is 0. The van der Waals surface area contributed by atoms with Crippen molar-refractivity contribution in [2.24, 2.45) is 0 Å². The largest absolute Gasteiger partial charge is 0.475 e. The van der Waals surface area contributed by atoms with Crippen LogP contribution in [0.4, 0.5) is 0 Å².